The van der Waals surface area contributed by atoms with Crippen LogP contribution in [0.5, 0.6) is 0 Å². The molecule has 2 aliphatic heterocycles. The highest BCUT2D eigenvalue weighted by molar-refractivity contribution is 5.81. The van der Waals surface area contributed by atoms with Crippen LogP contribution in [0.3, 0.4) is 0 Å². The lowest BCUT2D eigenvalue weighted by Crippen LogP contribution is -2.49. The van der Waals surface area contributed by atoms with Crippen LogP contribution in [-0.4, -0.2) is 126 Å². The highest BCUT2D eigenvalue weighted by atomic mass is 16.9. The lowest BCUT2D eigenvalue weighted by atomic mass is 10.1. The van der Waals surface area contributed by atoms with Gasteiger partial charge in [0, 0.05) is 0 Å². The topological polar surface area (TPSA) is 253 Å². The van der Waals surface area contributed by atoms with Gasteiger partial charge in [-0.25, -0.2) is 4.79 Å². The Labute approximate surface area is 161 Å². The number of carbonyl (C=O) groups is 2. The van der Waals surface area contributed by atoms with E-state index >= 15 is 0 Å². The molecular weight excluding hydrogens is 408 g/mol. The number of carbonyl (C=O) groups excluding carboxylic acids is 2. The number of hydrogen-bond acceptors (Lipinski definition) is 15. The van der Waals surface area contributed by atoms with Crippen molar-refractivity contribution in [2.24, 2.45) is 0 Å². The summed E-state index contributed by atoms with van der Waals surface area (Å²) < 4.78 is 18.0. The second kappa shape index (κ2) is 8.70. The van der Waals surface area contributed by atoms with Crippen molar-refractivity contribution in [3.8, 4) is 0 Å². The molecule has 2 heterocycles. The van der Waals surface area contributed by atoms with Crippen LogP contribution in [0, 0.1) is 0 Å². The van der Waals surface area contributed by atoms with Gasteiger partial charge in [0.2, 0.25) is 0 Å². The van der Waals surface area contributed by atoms with Gasteiger partial charge in [-0.2, -0.15) is 0 Å². The monoisotopic (exact) mass is 430 g/mol. The van der Waals surface area contributed by atoms with Gasteiger partial charge in [0.1, 0.15) is 24.4 Å². The van der Waals surface area contributed by atoms with Crippen LogP contribution >= 0.6 is 0 Å². The lowest BCUT2D eigenvalue weighted by molar-refractivity contribution is -0.363. The molecule has 15 heteroatoms. The zero-order valence-electron chi connectivity index (χ0n) is 14.6. The van der Waals surface area contributed by atoms with Gasteiger partial charge >= 0.3 is 23.9 Å². The molecule has 0 aromatic heterocycles. The Bertz CT molecular complexity index is 614. The van der Waals surface area contributed by atoms with E-state index in [0.29, 0.717) is 0 Å². The van der Waals surface area contributed by atoms with Crippen LogP contribution < -0.4 is 0 Å². The summed E-state index contributed by atoms with van der Waals surface area (Å²) in [5, 5.41) is 85.8. The molecule has 9 N–H and O–H groups in total. The van der Waals surface area contributed by atoms with Crippen LogP contribution in [0.4, 0.5) is 0 Å². The fourth-order valence-electron chi connectivity index (χ4n) is 2.67. The van der Waals surface area contributed by atoms with Gasteiger partial charge in [0.25, 0.3) is 0 Å². The number of aliphatic hydroxyl groups is 9. The minimum absolute atomic E-state index is 0.839. The fraction of sp³-hybridized carbons (Fsp3) is 0.857. The van der Waals surface area contributed by atoms with Crippen LogP contribution in [0.2, 0.25) is 0 Å². The van der Waals surface area contributed by atoms with Crippen molar-refractivity contribution in [2.75, 3.05) is 13.2 Å². The Kier molecular flexibility index (Phi) is 7.13. The van der Waals surface area contributed by atoms with Crippen molar-refractivity contribution < 1.29 is 74.5 Å². The highest BCUT2D eigenvalue weighted by Crippen LogP contribution is 2.32. The summed E-state index contributed by atoms with van der Waals surface area (Å²) in [5.74, 6) is -9.46. The molecule has 0 radical (unpaired) electrons. The van der Waals surface area contributed by atoms with Crippen molar-refractivity contribution in [3.63, 3.8) is 0 Å². The first-order valence-corrected chi connectivity index (χ1v) is 8.25. The molecule has 0 aliphatic carbocycles. The molecule has 2 aliphatic rings. The molecular formula is C14H22O15. The van der Waals surface area contributed by atoms with Crippen molar-refractivity contribution in [3.05, 3.63) is 0 Å². The zero-order valence-corrected chi connectivity index (χ0v) is 14.6. The SMILES string of the molecule is O=C(CC(O)C(=O)O[C@@]1(O)O[C@H](CO)[C@@H](O)[C@H]1O)O[C@@]1(O)O[C@H](CO)[C@@H](O)[C@H]1O. The highest BCUT2D eigenvalue weighted by Gasteiger charge is 2.58. The third-order valence-corrected chi connectivity index (χ3v) is 4.30. The van der Waals surface area contributed by atoms with E-state index in [-0.39, 0.29) is 0 Å². The maximum absolute atomic E-state index is 11.8. The molecule has 9 atom stereocenters. The van der Waals surface area contributed by atoms with Gasteiger partial charge in [-0.3, -0.25) is 4.79 Å². The molecule has 1 unspecified atom stereocenters. The van der Waals surface area contributed by atoms with Crippen LogP contribution in [0.1, 0.15) is 6.42 Å². The van der Waals surface area contributed by atoms with Gasteiger partial charge in [-0.1, -0.05) is 0 Å². The number of hydrogen-bond donors (Lipinski definition) is 9. The molecule has 15 nitrogen and oxygen atoms in total. The molecule has 0 bridgehead atoms. The van der Waals surface area contributed by atoms with Gasteiger partial charge in [-0.05, 0) is 0 Å². The number of esters is 2. The Morgan fingerprint density at radius 1 is 0.862 bits per heavy atom. The Morgan fingerprint density at radius 2 is 1.28 bits per heavy atom. The van der Waals surface area contributed by atoms with Gasteiger partial charge < -0.3 is 64.9 Å². The average Bonchev–Trinajstić information content (AvgIpc) is 3.00. The van der Waals surface area contributed by atoms with Gasteiger partial charge in [0.15, 0.2) is 18.3 Å². The predicted octanol–water partition coefficient (Wildman–Crippen LogP) is -6.66. The van der Waals surface area contributed by atoms with E-state index in [0.717, 1.165) is 0 Å². The van der Waals surface area contributed by atoms with E-state index in [2.05, 4.69) is 18.9 Å². The standard InChI is InChI=1S/C14H22O15/c15-2-5-8(19)10(21)13(24,26-5)28-7(18)1-4(17)12(23)29-14(25)11(22)9(20)6(3-16)27-14/h4-6,8-11,15-17,19-22,24-25H,1-3H2/t4?,5-,6-,8-,9-,10-,11-,13+,14+/m1/s1. The molecule has 0 spiro atoms. The van der Waals surface area contributed by atoms with Crippen molar-refractivity contribution in [2.45, 2.75) is 61.1 Å². The summed E-state index contributed by atoms with van der Waals surface area (Å²) in [5.41, 5.74) is 0. The summed E-state index contributed by atoms with van der Waals surface area (Å²) in [6, 6.07) is 0. The average molecular weight is 430 g/mol. The number of ether oxygens (including phenoxy) is 4. The van der Waals surface area contributed by atoms with E-state index in [1.807, 2.05) is 0 Å². The van der Waals surface area contributed by atoms with Crippen molar-refractivity contribution in [1.29, 1.82) is 0 Å². The Balaban J connectivity index is 1.93. The molecule has 0 aromatic rings. The zero-order chi connectivity index (χ0) is 22.1. The van der Waals surface area contributed by atoms with Crippen LogP contribution in [0.25, 0.3) is 0 Å². The first kappa shape index (κ1) is 23.8. The number of aliphatic hydroxyl groups excluding tert-OH is 7. The van der Waals surface area contributed by atoms with E-state index in [4.69, 9.17) is 10.2 Å². The minimum Gasteiger partial charge on any atom is -0.405 e. The lowest BCUT2D eigenvalue weighted by Gasteiger charge is -2.27. The summed E-state index contributed by atoms with van der Waals surface area (Å²) in [4.78, 5) is 23.6. The summed E-state index contributed by atoms with van der Waals surface area (Å²) in [7, 11) is 0. The molecule has 2 rings (SSSR count). The first-order valence-electron chi connectivity index (χ1n) is 8.25. The molecule has 2 fully saturated rings. The van der Waals surface area contributed by atoms with Crippen LogP contribution in [-0.2, 0) is 28.5 Å². The minimum atomic E-state index is -3.13. The maximum atomic E-state index is 11.8. The van der Waals surface area contributed by atoms with Crippen molar-refractivity contribution in [1.82, 2.24) is 0 Å². The molecule has 0 saturated carbocycles. The molecule has 0 aromatic carbocycles. The number of rotatable bonds is 7. The largest absolute Gasteiger partial charge is 0.405 e. The second-order valence-corrected chi connectivity index (χ2v) is 6.43. The second-order valence-electron chi connectivity index (χ2n) is 6.43. The fourth-order valence-corrected chi connectivity index (χ4v) is 2.67. The smallest absolute Gasteiger partial charge is 0.357 e. The summed E-state index contributed by atoms with van der Waals surface area (Å²) in [6.45, 7) is -1.69. The predicted molar refractivity (Wildman–Crippen MR) is 80.7 cm³/mol. The third kappa shape index (κ3) is 4.65. The van der Waals surface area contributed by atoms with Crippen molar-refractivity contribution >= 4 is 11.9 Å². The third-order valence-electron chi connectivity index (χ3n) is 4.30. The summed E-state index contributed by atoms with van der Waals surface area (Å²) >= 11 is 0. The molecule has 29 heavy (non-hydrogen) atoms. The van der Waals surface area contributed by atoms with E-state index < -0.39 is 86.2 Å². The van der Waals surface area contributed by atoms with E-state index in [9.17, 15) is 45.3 Å². The van der Waals surface area contributed by atoms with E-state index in [1.54, 1.807) is 0 Å². The Hall–Kier alpha value is -1.50. The van der Waals surface area contributed by atoms with E-state index in [1.165, 1.54) is 0 Å². The van der Waals surface area contributed by atoms with Gasteiger partial charge in [-0.15, -0.1) is 0 Å². The quantitative estimate of drug-likeness (QED) is 0.134. The van der Waals surface area contributed by atoms with Gasteiger partial charge in [0.05, 0.1) is 19.6 Å². The molecule has 2 saturated heterocycles. The maximum Gasteiger partial charge on any atom is 0.357 e. The molecule has 168 valence electrons. The Morgan fingerprint density at radius 3 is 1.66 bits per heavy atom. The van der Waals surface area contributed by atoms with Crippen LogP contribution in [0.15, 0.2) is 0 Å². The first-order chi connectivity index (χ1) is 13.4. The molecule has 0 amide bonds. The normalized spacial score (nSPS) is 43.2. The summed E-state index contributed by atoms with van der Waals surface area (Å²) in [6.07, 6.45) is -14.6.